The van der Waals surface area contributed by atoms with Gasteiger partial charge in [-0.2, -0.15) is 5.10 Å². The molecule has 0 saturated carbocycles. The molecule has 0 radical (unpaired) electrons. The number of nitrogens with zero attached hydrogens (tertiary/aromatic N) is 4. The quantitative estimate of drug-likeness (QED) is 0.530. The highest BCUT2D eigenvalue weighted by Gasteiger charge is 2.27. The van der Waals surface area contributed by atoms with Gasteiger partial charge in [0.15, 0.2) is 10.6 Å². The Hall–Kier alpha value is -2.44. The molecule has 4 rings (SSSR count). The van der Waals surface area contributed by atoms with Crippen LogP contribution in [0.25, 0.3) is 11.4 Å². The summed E-state index contributed by atoms with van der Waals surface area (Å²) in [6.07, 6.45) is 2.33. The van der Waals surface area contributed by atoms with E-state index in [1.165, 1.54) is 17.5 Å². The first-order valence-corrected chi connectivity index (χ1v) is 10.7. The lowest BCUT2D eigenvalue weighted by Crippen LogP contribution is -2.27. The molecule has 0 aliphatic carbocycles. The Morgan fingerprint density at radius 2 is 1.97 bits per heavy atom. The highest BCUT2D eigenvalue weighted by atomic mass is 32.1. The second kappa shape index (κ2) is 8.51. The van der Waals surface area contributed by atoms with Crippen LogP contribution in [-0.4, -0.2) is 32.4 Å². The van der Waals surface area contributed by atoms with Gasteiger partial charge in [-0.3, -0.25) is 4.90 Å². The molecule has 1 aromatic heterocycles. The highest BCUT2D eigenvalue weighted by molar-refractivity contribution is 7.71. The minimum absolute atomic E-state index is 0.386. The molecule has 152 valence electrons. The second-order valence-corrected chi connectivity index (χ2v) is 8.01. The van der Waals surface area contributed by atoms with Crippen LogP contribution in [0.3, 0.4) is 0 Å². The summed E-state index contributed by atoms with van der Waals surface area (Å²) < 4.78 is 10.3. The zero-order valence-corrected chi connectivity index (χ0v) is 18.2. The molecule has 0 amide bonds. The highest BCUT2D eigenvalue weighted by Crippen LogP contribution is 2.33. The Morgan fingerprint density at radius 3 is 2.69 bits per heavy atom. The van der Waals surface area contributed by atoms with Gasteiger partial charge in [-0.1, -0.05) is 35.9 Å². The lowest BCUT2D eigenvalue weighted by molar-refractivity contribution is 0.190. The molecule has 0 bridgehead atoms. The minimum atomic E-state index is 0.386. The van der Waals surface area contributed by atoms with Crippen LogP contribution in [0.5, 0.6) is 5.75 Å². The zero-order valence-electron chi connectivity index (χ0n) is 17.3. The van der Waals surface area contributed by atoms with Crippen LogP contribution in [0.4, 0.5) is 0 Å². The Balaban J connectivity index is 1.57. The monoisotopic (exact) mass is 408 g/mol. The molecule has 2 heterocycles. The minimum Gasteiger partial charge on any atom is -0.494 e. The van der Waals surface area contributed by atoms with Crippen molar-refractivity contribution in [1.82, 2.24) is 19.2 Å². The van der Waals surface area contributed by atoms with Gasteiger partial charge in [0.2, 0.25) is 0 Å². The van der Waals surface area contributed by atoms with Gasteiger partial charge in [0.05, 0.1) is 13.3 Å². The van der Waals surface area contributed by atoms with E-state index in [1.54, 1.807) is 0 Å². The van der Waals surface area contributed by atoms with E-state index in [0.29, 0.717) is 19.3 Å². The van der Waals surface area contributed by atoms with E-state index in [-0.39, 0.29) is 0 Å². The lowest BCUT2D eigenvalue weighted by Gasteiger charge is -2.24. The molecular formula is C23H28N4OS. The topological polar surface area (TPSA) is 35.2 Å². The molecule has 1 fully saturated rings. The van der Waals surface area contributed by atoms with E-state index in [2.05, 4.69) is 60.4 Å². The number of aryl methyl sites for hydroxylation is 1. The maximum atomic E-state index is 5.70. The number of aromatic nitrogens is 3. The van der Waals surface area contributed by atoms with E-state index in [9.17, 15) is 0 Å². The predicted molar refractivity (Wildman–Crippen MR) is 118 cm³/mol. The number of hydrogen-bond acceptors (Lipinski definition) is 4. The standard InChI is InChI=1S/C23H28N4OS/c1-4-28-20-12-10-18(11-13-20)21-9-6-14-26(21)16-27-23(29)25(3)22(24-27)19-8-5-7-17(2)15-19/h5,7-8,10-13,15,21H,4,6,9,14,16H2,1-3H3/t21-/m1/s1. The van der Waals surface area contributed by atoms with E-state index < -0.39 is 0 Å². The van der Waals surface area contributed by atoms with Crippen LogP contribution in [-0.2, 0) is 13.7 Å². The fraction of sp³-hybridized carbons (Fsp3) is 0.391. The Labute approximate surface area is 177 Å². The largest absolute Gasteiger partial charge is 0.494 e. The first-order chi connectivity index (χ1) is 14.1. The van der Waals surface area contributed by atoms with Crippen molar-refractivity contribution in [2.24, 2.45) is 7.05 Å². The van der Waals surface area contributed by atoms with E-state index >= 15 is 0 Å². The number of rotatable bonds is 6. The smallest absolute Gasteiger partial charge is 0.199 e. The summed E-state index contributed by atoms with van der Waals surface area (Å²) in [6, 6.07) is 17.3. The fourth-order valence-corrected chi connectivity index (χ4v) is 4.30. The van der Waals surface area contributed by atoms with Crippen LogP contribution < -0.4 is 4.74 Å². The van der Waals surface area contributed by atoms with E-state index in [4.69, 9.17) is 22.1 Å². The Morgan fingerprint density at radius 1 is 1.17 bits per heavy atom. The fourth-order valence-electron chi connectivity index (χ4n) is 4.11. The van der Waals surface area contributed by atoms with Crippen LogP contribution in [0, 0.1) is 11.7 Å². The molecule has 29 heavy (non-hydrogen) atoms. The van der Waals surface area contributed by atoms with E-state index in [0.717, 1.165) is 34.9 Å². The average molecular weight is 409 g/mol. The molecule has 1 saturated heterocycles. The molecule has 3 aromatic rings. The third-order valence-electron chi connectivity index (χ3n) is 5.57. The zero-order chi connectivity index (χ0) is 20.4. The number of ether oxygens (including phenoxy) is 1. The van der Waals surface area contributed by atoms with Crippen molar-refractivity contribution in [2.75, 3.05) is 13.2 Å². The molecule has 0 unspecified atom stereocenters. The van der Waals surface area contributed by atoms with Gasteiger partial charge in [0.1, 0.15) is 5.75 Å². The van der Waals surface area contributed by atoms with Crippen LogP contribution >= 0.6 is 12.2 Å². The summed E-state index contributed by atoms with van der Waals surface area (Å²) in [5.41, 5.74) is 3.65. The third-order valence-corrected chi connectivity index (χ3v) is 6.06. The molecular weight excluding hydrogens is 380 g/mol. The lowest BCUT2D eigenvalue weighted by atomic mass is 10.0. The molecule has 1 aliphatic heterocycles. The normalized spacial score (nSPS) is 17.0. The van der Waals surface area contributed by atoms with Gasteiger partial charge in [-0.15, -0.1) is 0 Å². The van der Waals surface area contributed by atoms with Gasteiger partial charge in [0, 0.05) is 25.2 Å². The van der Waals surface area contributed by atoms with Gasteiger partial charge in [-0.25, -0.2) is 4.68 Å². The number of hydrogen-bond donors (Lipinski definition) is 0. The molecule has 1 aliphatic rings. The molecule has 0 spiro atoms. The first-order valence-electron chi connectivity index (χ1n) is 10.2. The van der Waals surface area contributed by atoms with Gasteiger partial charge in [-0.05, 0) is 62.7 Å². The SMILES string of the molecule is CCOc1ccc([C@H]2CCCN2Cn2nc(-c3cccc(C)c3)n(C)c2=S)cc1. The van der Waals surface area contributed by atoms with Crippen molar-refractivity contribution in [3.63, 3.8) is 0 Å². The summed E-state index contributed by atoms with van der Waals surface area (Å²) in [5, 5.41) is 4.86. The summed E-state index contributed by atoms with van der Waals surface area (Å²) in [7, 11) is 2.00. The average Bonchev–Trinajstić information content (AvgIpc) is 3.29. The Bertz CT molecular complexity index is 1040. The first kappa shape index (κ1) is 19.9. The van der Waals surface area contributed by atoms with Crippen molar-refractivity contribution in [1.29, 1.82) is 0 Å². The van der Waals surface area contributed by atoms with Crippen LogP contribution in [0.15, 0.2) is 48.5 Å². The van der Waals surface area contributed by atoms with Gasteiger partial charge >= 0.3 is 0 Å². The van der Waals surface area contributed by atoms with E-state index in [1.807, 2.05) is 23.2 Å². The summed E-state index contributed by atoms with van der Waals surface area (Å²) >= 11 is 5.70. The van der Waals surface area contributed by atoms with Crippen LogP contribution in [0.1, 0.15) is 36.9 Å². The van der Waals surface area contributed by atoms with Gasteiger partial charge < -0.3 is 9.30 Å². The third kappa shape index (κ3) is 4.14. The van der Waals surface area contributed by atoms with Gasteiger partial charge in [0.25, 0.3) is 0 Å². The summed E-state index contributed by atoms with van der Waals surface area (Å²) in [5.74, 6) is 1.84. The van der Waals surface area contributed by atoms with Crippen molar-refractivity contribution in [3.8, 4) is 17.1 Å². The molecule has 6 heteroatoms. The number of likely N-dealkylation sites (tertiary alicyclic amines) is 1. The van der Waals surface area contributed by atoms with Crippen molar-refractivity contribution in [2.45, 2.75) is 39.4 Å². The summed E-state index contributed by atoms with van der Waals surface area (Å²) in [6.45, 7) is 6.55. The maximum Gasteiger partial charge on any atom is 0.199 e. The molecule has 1 atom stereocenters. The van der Waals surface area contributed by atoms with Crippen LogP contribution in [0.2, 0.25) is 0 Å². The number of benzene rings is 2. The molecule has 2 aromatic carbocycles. The second-order valence-electron chi connectivity index (χ2n) is 7.65. The summed E-state index contributed by atoms with van der Waals surface area (Å²) in [4.78, 5) is 2.47. The molecule has 5 nitrogen and oxygen atoms in total. The maximum absolute atomic E-state index is 5.70. The molecule has 0 N–H and O–H groups in total. The Kier molecular flexibility index (Phi) is 5.83. The van der Waals surface area contributed by atoms with Crippen molar-refractivity contribution < 1.29 is 4.74 Å². The van der Waals surface area contributed by atoms with Crippen molar-refractivity contribution >= 4 is 12.2 Å². The van der Waals surface area contributed by atoms with Crippen molar-refractivity contribution in [3.05, 3.63) is 64.4 Å². The predicted octanol–water partition coefficient (Wildman–Crippen LogP) is 5.12.